The Bertz CT molecular complexity index is 1250. The number of rotatable bonds is 10. The molecule has 2 amide bonds. The van der Waals surface area contributed by atoms with E-state index in [1.807, 2.05) is 68.1 Å². The van der Waals surface area contributed by atoms with Gasteiger partial charge in [-0.3, -0.25) is 14.6 Å². The van der Waals surface area contributed by atoms with Crippen LogP contribution in [0.1, 0.15) is 62.0 Å². The molecule has 0 fully saturated rings. The van der Waals surface area contributed by atoms with Crippen molar-refractivity contribution in [3.05, 3.63) is 95.1 Å². The molecule has 2 aromatic carbocycles. The van der Waals surface area contributed by atoms with Crippen molar-refractivity contribution in [3.8, 4) is 5.75 Å². The van der Waals surface area contributed by atoms with Gasteiger partial charge in [-0.2, -0.15) is 0 Å². The molecule has 0 radical (unpaired) electrons. The third-order valence-corrected chi connectivity index (χ3v) is 6.76. The second-order valence-electron chi connectivity index (χ2n) is 10.1. The Morgan fingerprint density at radius 1 is 1.13 bits per heavy atom. The van der Waals surface area contributed by atoms with Crippen LogP contribution in [0.2, 0.25) is 0 Å². The van der Waals surface area contributed by atoms with Crippen LogP contribution < -0.4 is 10.1 Å². The number of pyridine rings is 1. The molecule has 0 aliphatic carbocycles. The van der Waals surface area contributed by atoms with Crippen molar-refractivity contribution < 1.29 is 18.7 Å². The first kappa shape index (κ1) is 27.3. The third kappa shape index (κ3) is 6.77. The molecule has 38 heavy (non-hydrogen) atoms. The highest BCUT2D eigenvalue weighted by molar-refractivity contribution is 5.81. The van der Waals surface area contributed by atoms with E-state index in [0.717, 1.165) is 22.4 Å². The summed E-state index contributed by atoms with van der Waals surface area (Å²) in [5.74, 6) is 0.288. The Hall–Kier alpha value is -3.74. The molecule has 1 N–H and O–H groups in total. The van der Waals surface area contributed by atoms with E-state index in [1.165, 1.54) is 12.1 Å². The smallest absolute Gasteiger partial charge is 0.261 e. The number of ether oxygens (including phenoxy) is 1. The van der Waals surface area contributed by atoms with Crippen molar-refractivity contribution in [2.75, 3.05) is 13.1 Å². The number of hydrogen-bond donors (Lipinski definition) is 1. The van der Waals surface area contributed by atoms with E-state index in [0.29, 0.717) is 44.5 Å². The molecule has 6 nitrogen and oxygen atoms in total. The zero-order chi connectivity index (χ0) is 27.1. The van der Waals surface area contributed by atoms with Gasteiger partial charge in [-0.25, -0.2) is 4.39 Å². The molecule has 1 aliphatic rings. The zero-order valence-electron chi connectivity index (χ0n) is 22.3. The molecule has 2 heterocycles. The molecular weight excluding hydrogens is 481 g/mol. The van der Waals surface area contributed by atoms with Gasteiger partial charge in [0.15, 0.2) is 6.10 Å². The summed E-state index contributed by atoms with van der Waals surface area (Å²) in [5, 5.41) is 2.95. The molecule has 3 aromatic rings. The maximum absolute atomic E-state index is 14.3. The van der Waals surface area contributed by atoms with E-state index in [2.05, 4.69) is 10.3 Å². The number of nitrogens with zero attached hydrogens (tertiary/aromatic N) is 2. The molecule has 1 aliphatic heterocycles. The lowest BCUT2D eigenvalue weighted by atomic mass is 9.87. The number of carbonyl (C=O) groups excluding carboxylic acids is 2. The summed E-state index contributed by atoms with van der Waals surface area (Å²) in [4.78, 5) is 32.2. The number of benzene rings is 2. The summed E-state index contributed by atoms with van der Waals surface area (Å²) in [6, 6.07) is 17.5. The van der Waals surface area contributed by atoms with Crippen LogP contribution in [0, 0.1) is 11.7 Å². The molecular formula is C31H36FN3O3. The van der Waals surface area contributed by atoms with Gasteiger partial charge in [0.05, 0.1) is 6.04 Å². The topological polar surface area (TPSA) is 71.5 Å². The van der Waals surface area contributed by atoms with Gasteiger partial charge in [0, 0.05) is 37.8 Å². The van der Waals surface area contributed by atoms with Crippen LogP contribution in [0.3, 0.4) is 0 Å². The van der Waals surface area contributed by atoms with Crippen LogP contribution >= 0.6 is 0 Å². The molecule has 4 rings (SSSR count). The lowest BCUT2D eigenvalue weighted by molar-refractivity contribution is -0.134. The Kier molecular flexibility index (Phi) is 9.10. The SMILES string of the molecule is CC[C@H](Oc1ccc2c(c1)[C@@H](c1cccc(F)c1)N(C(=O)CC(C)C)CC2)C(=O)NCCc1ccccn1. The number of nitrogens with one attached hydrogen (secondary N) is 1. The van der Waals surface area contributed by atoms with Gasteiger partial charge >= 0.3 is 0 Å². The minimum absolute atomic E-state index is 0.0463. The summed E-state index contributed by atoms with van der Waals surface area (Å²) < 4.78 is 20.4. The monoisotopic (exact) mass is 517 g/mol. The first-order chi connectivity index (χ1) is 18.4. The van der Waals surface area contributed by atoms with Crippen molar-refractivity contribution >= 4 is 11.8 Å². The molecule has 0 saturated carbocycles. The van der Waals surface area contributed by atoms with E-state index in [4.69, 9.17) is 4.74 Å². The van der Waals surface area contributed by atoms with Crippen molar-refractivity contribution in [2.45, 2.75) is 58.6 Å². The number of aromatic nitrogens is 1. The Morgan fingerprint density at radius 2 is 1.97 bits per heavy atom. The summed E-state index contributed by atoms with van der Waals surface area (Å²) in [5.41, 5.74) is 3.63. The summed E-state index contributed by atoms with van der Waals surface area (Å²) in [6.45, 7) is 6.98. The van der Waals surface area contributed by atoms with E-state index in [9.17, 15) is 14.0 Å². The highest BCUT2D eigenvalue weighted by Gasteiger charge is 2.33. The lowest BCUT2D eigenvalue weighted by Crippen LogP contribution is -2.41. The average Bonchev–Trinajstić information content (AvgIpc) is 2.91. The maximum Gasteiger partial charge on any atom is 0.261 e. The van der Waals surface area contributed by atoms with E-state index < -0.39 is 12.1 Å². The second-order valence-corrected chi connectivity index (χ2v) is 10.1. The van der Waals surface area contributed by atoms with Crippen molar-refractivity contribution in [3.63, 3.8) is 0 Å². The number of fused-ring (bicyclic) bond motifs is 1. The predicted molar refractivity (Wildman–Crippen MR) is 145 cm³/mol. The van der Waals surface area contributed by atoms with E-state index in [-0.39, 0.29) is 23.5 Å². The standard InChI is InChI=1S/C31H36FN3O3/c1-4-28(31(37)34-16-13-25-10-5-6-15-33-25)38-26-12-11-22-14-17-35(29(36)18-21(2)3)30(27(22)20-26)23-8-7-9-24(32)19-23/h5-12,15,19-21,28,30H,4,13-14,16-18H2,1-3H3,(H,34,37)/t28-,30+/m0/s1. The van der Waals surface area contributed by atoms with Crippen molar-refractivity contribution in [1.82, 2.24) is 15.2 Å². The molecule has 0 unspecified atom stereocenters. The number of hydrogen-bond acceptors (Lipinski definition) is 4. The number of amides is 2. The Labute approximate surface area is 224 Å². The number of halogens is 1. The fourth-order valence-electron chi connectivity index (χ4n) is 4.90. The fraction of sp³-hybridized carbons (Fsp3) is 0.387. The highest BCUT2D eigenvalue weighted by Crippen LogP contribution is 2.38. The summed E-state index contributed by atoms with van der Waals surface area (Å²) >= 11 is 0. The van der Waals surface area contributed by atoms with Crippen LogP contribution in [-0.4, -0.2) is 40.9 Å². The minimum atomic E-state index is -0.660. The number of carbonyl (C=O) groups is 2. The largest absolute Gasteiger partial charge is 0.481 e. The summed E-state index contributed by atoms with van der Waals surface area (Å²) in [6.07, 6.45) is 3.34. The normalized spacial score (nSPS) is 15.6. The molecule has 7 heteroatoms. The van der Waals surface area contributed by atoms with Crippen LogP contribution in [-0.2, 0) is 22.4 Å². The van der Waals surface area contributed by atoms with Crippen LogP contribution in [0.25, 0.3) is 0 Å². The molecule has 0 saturated heterocycles. The third-order valence-electron chi connectivity index (χ3n) is 6.76. The second kappa shape index (κ2) is 12.7. The van der Waals surface area contributed by atoms with Gasteiger partial charge in [-0.05, 0) is 71.8 Å². The van der Waals surface area contributed by atoms with Crippen molar-refractivity contribution in [1.29, 1.82) is 0 Å². The van der Waals surface area contributed by atoms with E-state index >= 15 is 0 Å². The van der Waals surface area contributed by atoms with Gasteiger partial charge in [0.2, 0.25) is 5.91 Å². The van der Waals surface area contributed by atoms with Gasteiger partial charge in [-0.15, -0.1) is 0 Å². The van der Waals surface area contributed by atoms with Crippen molar-refractivity contribution in [2.24, 2.45) is 5.92 Å². The first-order valence-electron chi connectivity index (χ1n) is 13.4. The Balaban J connectivity index is 1.54. The molecule has 2 atom stereocenters. The average molecular weight is 518 g/mol. The van der Waals surface area contributed by atoms with Crippen LogP contribution in [0.4, 0.5) is 4.39 Å². The first-order valence-corrected chi connectivity index (χ1v) is 13.4. The lowest BCUT2D eigenvalue weighted by Gasteiger charge is -2.38. The van der Waals surface area contributed by atoms with Gasteiger partial charge in [0.1, 0.15) is 11.6 Å². The predicted octanol–water partition coefficient (Wildman–Crippen LogP) is 5.26. The fourth-order valence-corrected chi connectivity index (χ4v) is 4.90. The van der Waals surface area contributed by atoms with Gasteiger partial charge in [-0.1, -0.05) is 45.0 Å². The van der Waals surface area contributed by atoms with Crippen LogP contribution in [0.5, 0.6) is 5.75 Å². The molecule has 1 aromatic heterocycles. The maximum atomic E-state index is 14.3. The summed E-state index contributed by atoms with van der Waals surface area (Å²) in [7, 11) is 0. The zero-order valence-corrected chi connectivity index (χ0v) is 22.3. The highest BCUT2D eigenvalue weighted by atomic mass is 19.1. The quantitative estimate of drug-likeness (QED) is 0.398. The molecule has 200 valence electrons. The minimum Gasteiger partial charge on any atom is -0.481 e. The Morgan fingerprint density at radius 3 is 2.68 bits per heavy atom. The molecule has 0 bridgehead atoms. The van der Waals surface area contributed by atoms with Crippen LogP contribution in [0.15, 0.2) is 66.9 Å². The molecule has 0 spiro atoms. The van der Waals surface area contributed by atoms with Gasteiger partial charge in [0.25, 0.3) is 5.91 Å². The van der Waals surface area contributed by atoms with E-state index in [1.54, 1.807) is 12.3 Å². The van der Waals surface area contributed by atoms with Gasteiger partial charge < -0.3 is 15.0 Å².